The van der Waals surface area contributed by atoms with Crippen LogP contribution in [0.2, 0.25) is 15.1 Å². The van der Waals surface area contributed by atoms with E-state index >= 15 is 8.78 Å². The quantitative estimate of drug-likeness (QED) is 0.116. The molecule has 1 amide bonds. The molecule has 0 spiro atoms. The maximum atomic E-state index is 15.0. The van der Waals surface area contributed by atoms with E-state index < -0.39 is 59.4 Å². The van der Waals surface area contributed by atoms with Gasteiger partial charge in [0.1, 0.15) is 30.7 Å². The number of aromatic nitrogens is 2. The highest BCUT2D eigenvalue weighted by molar-refractivity contribution is 6.48. The van der Waals surface area contributed by atoms with Gasteiger partial charge in [-0.15, -0.1) is 0 Å². The number of carbonyl (C=O) groups is 1. The van der Waals surface area contributed by atoms with E-state index in [4.69, 9.17) is 34.8 Å². The number of allylic oxidation sites excluding steroid dienone is 1. The summed E-state index contributed by atoms with van der Waals surface area (Å²) in [4.78, 5) is 21.0. The maximum Gasteiger partial charge on any atom is 0.399 e. The second-order valence-corrected chi connectivity index (χ2v) is 9.00. The minimum atomic E-state index is -4.99. The lowest BCUT2D eigenvalue weighted by Gasteiger charge is -2.31. The Morgan fingerprint density at radius 1 is 1.02 bits per heavy atom. The molecule has 206 valence electrons. The van der Waals surface area contributed by atoms with Crippen molar-refractivity contribution in [3.05, 3.63) is 92.4 Å². The van der Waals surface area contributed by atoms with Crippen LogP contribution >= 0.6 is 34.8 Å². The largest absolute Gasteiger partial charge is 0.399 e. The van der Waals surface area contributed by atoms with Crippen molar-refractivity contribution in [3.63, 3.8) is 0 Å². The fraction of sp³-hybridized carbons (Fsp3) is 0.160. The molecule has 0 aliphatic carbocycles. The topological polar surface area (TPSA) is 96.9 Å². The Balaban J connectivity index is 1.99. The number of rotatable bonds is 8. The van der Waals surface area contributed by atoms with Crippen molar-refractivity contribution in [1.82, 2.24) is 15.0 Å². The summed E-state index contributed by atoms with van der Waals surface area (Å²) in [5.74, 6) is -6.54. The van der Waals surface area contributed by atoms with Gasteiger partial charge in [-0.1, -0.05) is 40.9 Å². The molecule has 1 heterocycles. The molecule has 1 unspecified atom stereocenters. The van der Waals surface area contributed by atoms with E-state index in [1.54, 1.807) is 12.1 Å². The highest BCUT2D eigenvalue weighted by atomic mass is 35.5. The molecular formula is C25H14Cl3F5N6O. The van der Waals surface area contributed by atoms with Crippen molar-refractivity contribution in [2.45, 2.75) is 12.1 Å². The Hall–Kier alpha value is -3.97. The number of hydrogen-bond acceptors (Lipinski definition) is 6. The summed E-state index contributed by atoms with van der Waals surface area (Å²) < 4.78 is 71.5. The summed E-state index contributed by atoms with van der Waals surface area (Å²) in [7, 11) is 0. The molecule has 7 nitrogen and oxygen atoms in total. The zero-order valence-electron chi connectivity index (χ0n) is 19.8. The SMILES string of the molecule is N#CCN(C(=O)c1ccc(/C(F)=C/C(c2cc(Cl)c(Cl)c(Cl)c2)C(F)(F)F)cc1F)N(CC#N)c1ncccn1. The van der Waals surface area contributed by atoms with Crippen molar-refractivity contribution >= 4 is 52.5 Å². The van der Waals surface area contributed by atoms with Crippen LogP contribution in [0, 0.1) is 28.5 Å². The van der Waals surface area contributed by atoms with Crippen molar-refractivity contribution in [3.8, 4) is 12.1 Å². The highest BCUT2D eigenvalue weighted by Crippen LogP contribution is 2.42. The van der Waals surface area contributed by atoms with E-state index in [9.17, 15) is 28.5 Å². The predicted molar refractivity (Wildman–Crippen MR) is 137 cm³/mol. The lowest BCUT2D eigenvalue weighted by Crippen LogP contribution is -2.48. The van der Waals surface area contributed by atoms with Crippen LogP contribution in [0.25, 0.3) is 5.83 Å². The van der Waals surface area contributed by atoms with E-state index in [2.05, 4.69) is 9.97 Å². The number of amides is 1. The number of nitrogens with zero attached hydrogens (tertiary/aromatic N) is 6. The van der Waals surface area contributed by atoms with Crippen LogP contribution in [0.5, 0.6) is 0 Å². The first-order valence-corrected chi connectivity index (χ1v) is 12.0. The lowest BCUT2D eigenvalue weighted by atomic mass is 9.96. The fourth-order valence-corrected chi connectivity index (χ4v) is 4.06. The second-order valence-electron chi connectivity index (χ2n) is 7.81. The smallest absolute Gasteiger partial charge is 0.267 e. The lowest BCUT2D eigenvalue weighted by molar-refractivity contribution is -0.139. The van der Waals surface area contributed by atoms with Crippen molar-refractivity contribution < 1.29 is 26.7 Å². The summed E-state index contributed by atoms with van der Waals surface area (Å²) in [6.45, 7) is -1.14. The molecule has 1 aromatic heterocycles. The van der Waals surface area contributed by atoms with Crippen molar-refractivity contribution in [1.29, 1.82) is 10.5 Å². The number of nitriles is 2. The molecule has 0 fully saturated rings. The van der Waals surface area contributed by atoms with Gasteiger partial charge in [0.05, 0.1) is 32.8 Å². The van der Waals surface area contributed by atoms with Crippen LogP contribution in [0.4, 0.5) is 27.9 Å². The summed E-state index contributed by atoms with van der Waals surface area (Å²) in [5.41, 5.74) is -1.78. The maximum absolute atomic E-state index is 15.0. The van der Waals surface area contributed by atoms with Crippen molar-refractivity contribution in [2.75, 3.05) is 18.1 Å². The average molecular weight is 616 g/mol. The first kappa shape index (κ1) is 30.6. The van der Waals surface area contributed by atoms with Crippen LogP contribution in [0.15, 0.2) is 54.9 Å². The molecule has 40 heavy (non-hydrogen) atoms. The van der Waals surface area contributed by atoms with E-state index in [1.807, 2.05) is 0 Å². The van der Waals surface area contributed by atoms with E-state index in [-0.39, 0.29) is 27.1 Å². The molecule has 0 aliphatic rings. The minimum absolute atomic E-state index is 0.140. The van der Waals surface area contributed by atoms with Gasteiger partial charge in [-0.3, -0.25) is 4.79 Å². The molecule has 0 bridgehead atoms. The van der Waals surface area contributed by atoms with Gasteiger partial charge >= 0.3 is 6.18 Å². The molecule has 0 radical (unpaired) electrons. The minimum Gasteiger partial charge on any atom is -0.267 e. The number of halogens is 8. The molecule has 1 atom stereocenters. The molecule has 3 rings (SSSR count). The summed E-state index contributed by atoms with van der Waals surface area (Å²) in [5, 5.41) is 19.3. The van der Waals surface area contributed by atoms with E-state index in [0.717, 1.165) is 29.3 Å². The third-order valence-corrected chi connectivity index (χ3v) is 6.45. The summed E-state index contributed by atoms with van der Waals surface area (Å²) in [6.07, 6.45) is -2.16. The zero-order chi connectivity index (χ0) is 29.6. The standard InChI is InChI=1S/C25H14Cl3F5N6O/c26-18-10-15(11-19(27)22(18)28)17(25(31,32)33)13-20(29)14-2-3-16(21(30)12-14)23(40)38(8-4-34)39(9-5-35)24-36-6-1-7-37-24/h1-3,6-7,10-13,17H,8-9H2/b20-13-. The molecule has 2 aromatic carbocycles. The normalized spacial score (nSPS) is 12.3. The van der Waals surface area contributed by atoms with Gasteiger partial charge < -0.3 is 0 Å². The Labute approximate surface area is 239 Å². The first-order chi connectivity index (χ1) is 18.9. The van der Waals surface area contributed by atoms with Gasteiger partial charge in [0.15, 0.2) is 0 Å². The molecule has 0 N–H and O–H groups in total. The van der Waals surface area contributed by atoms with Gasteiger partial charge in [0.25, 0.3) is 5.91 Å². The number of hydrazine groups is 1. The van der Waals surface area contributed by atoms with Crippen LogP contribution < -0.4 is 5.01 Å². The summed E-state index contributed by atoms with van der Waals surface area (Å²) >= 11 is 17.5. The van der Waals surface area contributed by atoms with Crippen molar-refractivity contribution in [2.24, 2.45) is 0 Å². The molecule has 0 aliphatic heterocycles. The average Bonchev–Trinajstić information content (AvgIpc) is 2.91. The monoisotopic (exact) mass is 614 g/mol. The number of benzene rings is 2. The highest BCUT2D eigenvalue weighted by Gasteiger charge is 2.40. The Morgan fingerprint density at radius 3 is 2.15 bits per heavy atom. The van der Waals surface area contributed by atoms with Gasteiger partial charge in [0.2, 0.25) is 5.95 Å². The Bertz CT molecular complexity index is 1500. The van der Waals surface area contributed by atoms with Crippen LogP contribution in [-0.2, 0) is 0 Å². The number of carbonyl (C=O) groups excluding carboxylic acids is 1. The molecule has 0 saturated carbocycles. The third kappa shape index (κ3) is 6.96. The Kier molecular flexibility index (Phi) is 9.88. The van der Waals surface area contributed by atoms with Crippen LogP contribution in [0.1, 0.15) is 27.4 Å². The van der Waals surface area contributed by atoms with Gasteiger partial charge in [-0.05, 0) is 42.0 Å². The van der Waals surface area contributed by atoms with E-state index in [1.165, 1.54) is 18.5 Å². The third-order valence-electron chi connectivity index (χ3n) is 5.26. The van der Waals surface area contributed by atoms with Gasteiger partial charge in [0, 0.05) is 18.0 Å². The van der Waals surface area contributed by atoms with E-state index in [0.29, 0.717) is 11.1 Å². The fourth-order valence-electron chi connectivity index (χ4n) is 3.44. The van der Waals surface area contributed by atoms with Gasteiger partial charge in [-0.2, -0.15) is 23.7 Å². The predicted octanol–water partition coefficient (Wildman–Crippen LogP) is 7.14. The number of alkyl halides is 3. The van der Waals surface area contributed by atoms with Crippen LogP contribution in [-0.4, -0.2) is 40.1 Å². The molecular weight excluding hydrogens is 602 g/mol. The summed E-state index contributed by atoms with van der Waals surface area (Å²) in [6, 6.07) is 8.96. The molecule has 0 saturated heterocycles. The van der Waals surface area contributed by atoms with Gasteiger partial charge in [-0.25, -0.2) is 28.8 Å². The Morgan fingerprint density at radius 2 is 1.62 bits per heavy atom. The first-order valence-electron chi connectivity index (χ1n) is 10.9. The number of anilines is 1. The number of hydrogen-bond donors (Lipinski definition) is 0. The zero-order valence-corrected chi connectivity index (χ0v) is 22.1. The second kappa shape index (κ2) is 12.9. The molecule has 3 aromatic rings. The molecule has 15 heteroatoms. The van der Waals surface area contributed by atoms with Crippen LogP contribution in [0.3, 0.4) is 0 Å².